The van der Waals surface area contributed by atoms with E-state index in [1.54, 1.807) is 13.2 Å². The van der Waals surface area contributed by atoms with Crippen molar-refractivity contribution in [3.05, 3.63) is 54.1 Å². The highest BCUT2D eigenvalue weighted by atomic mass is 16.5. The molecular weight excluding hydrogens is 250 g/mol. The van der Waals surface area contributed by atoms with Gasteiger partial charge >= 0.3 is 0 Å². The zero-order chi connectivity index (χ0) is 14.4. The van der Waals surface area contributed by atoms with E-state index < -0.39 is 0 Å². The Kier molecular flexibility index (Phi) is 5.16. The van der Waals surface area contributed by atoms with Gasteiger partial charge in [0, 0.05) is 25.3 Å². The third kappa shape index (κ3) is 3.83. The summed E-state index contributed by atoms with van der Waals surface area (Å²) in [6.07, 6.45) is 0. The van der Waals surface area contributed by atoms with Gasteiger partial charge < -0.3 is 15.2 Å². The summed E-state index contributed by atoms with van der Waals surface area (Å²) >= 11 is 0. The van der Waals surface area contributed by atoms with E-state index >= 15 is 0 Å². The lowest BCUT2D eigenvalue weighted by Gasteiger charge is -2.14. The van der Waals surface area contributed by atoms with Gasteiger partial charge in [0.15, 0.2) is 0 Å². The maximum Gasteiger partial charge on any atom is 0.120 e. The topological polar surface area (TPSA) is 41.5 Å². The molecule has 20 heavy (non-hydrogen) atoms. The summed E-state index contributed by atoms with van der Waals surface area (Å²) < 4.78 is 5.09. The average molecular weight is 271 g/mol. The van der Waals surface area contributed by atoms with Gasteiger partial charge in [0.2, 0.25) is 0 Å². The Hall–Kier alpha value is -1.84. The fourth-order valence-corrected chi connectivity index (χ4v) is 2.13. The Labute approximate surface area is 120 Å². The fraction of sp³-hybridized carbons (Fsp3) is 0.294. The van der Waals surface area contributed by atoms with Crippen molar-refractivity contribution in [3.63, 3.8) is 0 Å². The molecule has 3 heteroatoms. The van der Waals surface area contributed by atoms with Gasteiger partial charge in [0.25, 0.3) is 0 Å². The molecule has 0 aliphatic heterocycles. The van der Waals surface area contributed by atoms with Gasteiger partial charge in [-0.05, 0) is 30.2 Å². The fourth-order valence-electron chi connectivity index (χ4n) is 2.13. The number of hydrogen-bond acceptors (Lipinski definition) is 3. The average Bonchev–Trinajstić information content (AvgIpc) is 2.47. The maximum atomic E-state index is 9.95. The Morgan fingerprint density at radius 3 is 2.55 bits per heavy atom. The van der Waals surface area contributed by atoms with Gasteiger partial charge in [-0.1, -0.05) is 36.4 Å². The van der Waals surface area contributed by atoms with E-state index in [4.69, 9.17) is 4.74 Å². The van der Waals surface area contributed by atoms with E-state index in [1.807, 2.05) is 30.3 Å². The molecule has 0 aliphatic rings. The summed E-state index contributed by atoms with van der Waals surface area (Å²) in [5.74, 6) is 0.321. The molecule has 0 spiro atoms. The van der Waals surface area contributed by atoms with Crippen LogP contribution in [0.4, 0.5) is 0 Å². The smallest absolute Gasteiger partial charge is 0.120 e. The third-order valence-electron chi connectivity index (χ3n) is 3.24. The first-order chi connectivity index (χ1) is 9.70. The number of phenolic OH excluding ortho intramolecular Hbond substituents is 1. The number of hydrogen-bond donors (Lipinski definition) is 2. The van der Waals surface area contributed by atoms with Crippen LogP contribution in [-0.4, -0.2) is 24.9 Å². The summed E-state index contributed by atoms with van der Waals surface area (Å²) in [5.41, 5.74) is 3.16. The number of nitrogens with one attached hydrogen (secondary N) is 1. The standard InChI is InChI=1S/C17H21NO2/c1-13(12-20-2)18-11-16-10-15(8-9-17(16)19)14-6-4-3-5-7-14/h3-10,13,18-19H,11-12H2,1-2H3. The highest BCUT2D eigenvalue weighted by molar-refractivity contribution is 5.65. The van der Waals surface area contributed by atoms with Crippen molar-refractivity contribution in [3.8, 4) is 16.9 Å². The molecule has 0 bridgehead atoms. The van der Waals surface area contributed by atoms with Crippen LogP contribution >= 0.6 is 0 Å². The minimum Gasteiger partial charge on any atom is -0.508 e. The summed E-state index contributed by atoms with van der Waals surface area (Å²) in [7, 11) is 1.69. The lowest BCUT2D eigenvalue weighted by atomic mass is 10.0. The molecule has 0 fully saturated rings. The molecule has 0 aliphatic carbocycles. The maximum absolute atomic E-state index is 9.95. The van der Waals surface area contributed by atoms with E-state index in [1.165, 1.54) is 0 Å². The number of aromatic hydroxyl groups is 1. The molecule has 1 unspecified atom stereocenters. The highest BCUT2D eigenvalue weighted by Gasteiger charge is 2.06. The molecule has 106 valence electrons. The van der Waals surface area contributed by atoms with Crippen LogP contribution in [0.5, 0.6) is 5.75 Å². The second-order valence-corrected chi connectivity index (χ2v) is 4.95. The van der Waals surface area contributed by atoms with Crippen molar-refractivity contribution in [1.82, 2.24) is 5.32 Å². The molecule has 0 amide bonds. The Balaban J connectivity index is 2.13. The van der Waals surface area contributed by atoms with E-state index in [2.05, 4.69) is 24.4 Å². The van der Waals surface area contributed by atoms with Crippen molar-refractivity contribution in [1.29, 1.82) is 0 Å². The second-order valence-electron chi connectivity index (χ2n) is 4.95. The number of methoxy groups -OCH3 is 1. The first-order valence-electron chi connectivity index (χ1n) is 6.80. The van der Waals surface area contributed by atoms with Crippen LogP contribution in [0, 0.1) is 0 Å². The van der Waals surface area contributed by atoms with Crippen LogP contribution < -0.4 is 5.32 Å². The van der Waals surface area contributed by atoms with Crippen molar-refractivity contribution in [2.45, 2.75) is 19.5 Å². The van der Waals surface area contributed by atoms with Gasteiger partial charge in [-0.2, -0.15) is 0 Å². The van der Waals surface area contributed by atoms with Gasteiger partial charge in [-0.15, -0.1) is 0 Å². The summed E-state index contributed by atoms with van der Waals surface area (Å²) in [5, 5.41) is 13.3. The van der Waals surface area contributed by atoms with Crippen LogP contribution in [0.25, 0.3) is 11.1 Å². The first-order valence-corrected chi connectivity index (χ1v) is 6.80. The van der Waals surface area contributed by atoms with Crippen molar-refractivity contribution in [2.75, 3.05) is 13.7 Å². The zero-order valence-corrected chi connectivity index (χ0v) is 12.0. The minimum atomic E-state index is 0.250. The predicted octanol–water partition coefficient (Wildman–Crippen LogP) is 3.18. The van der Waals surface area contributed by atoms with Crippen molar-refractivity contribution < 1.29 is 9.84 Å². The normalized spacial score (nSPS) is 12.3. The van der Waals surface area contributed by atoms with Crippen LogP contribution in [-0.2, 0) is 11.3 Å². The molecule has 2 aromatic rings. The number of rotatable bonds is 6. The first kappa shape index (κ1) is 14.6. The van der Waals surface area contributed by atoms with Crippen molar-refractivity contribution >= 4 is 0 Å². The lowest BCUT2D eigenvalue weighted by Crippen LogP contribution is -2.29. The van der Waals surface area contributed by atoms with Crippen LogP contribution in [0.15, 0.2) is 48.5 Å². The highest BCUT2D eigenvalue weighted by Crippen LogP contribution is 2.25. The van der Waals surface area contributed by atoms with Crippen LogP contribution in [0.2, 0.25) is 0 Å². The SMILES string of the molecule is COCC(C)NCc1cc(-c2ccccc2)ccc1O. The molecule has 0 aromatic heterocycles. The van der Waals surface area contributed by atoms with Crippen molar-refractivity contribution in [2.24, 2.45) is 0 Å². The van der Waals surface area contributed by atoms with Crippen LogP contribution in [0.3, 0.4) is 0 Å². The van der Waals surface area contributed by atoms with Gasteiger partial charge in [0.05, 0.1) is 6.61 Å². The van der Waals surface area contributed by atoms with E-state index in [0.29, 0.717) is 18.9 Å². The Morgan fingerprint density at radius 1 is 1.10 bits per heavy atom. The number of ether oxygens (including phenoxy) is 1. The molecule has 0 heterocycles. The van der Waals surface area contributed by atoms with Gasteiger partial charge in [-0.3, -0.25) is 0 Å². The monoisotopic (exact) mass is 271 g/mol. The largest absolute Gasteiger partial charge is 0.508 e. The van der Waals surface area contributed by atoms with Crippen LogP contribution in [0.1, 0.15) is 12.5 Å². The predicted molar refractivity (Wildman–Crippen MR) is 81.7 cm³/mol. The van der Waals surface area contributed by atoms with Gasteiger partial charge in [0.1, 0.15) is 5.75 Å². The minimum absolute atomic E-state index is 0.250. The van der Waals surface area contributed by atoms with Gasteiger partial charge in [-0.25, -0.2) is 0 Å². The lowest BCUT2D eigenvalue weighted by molar-refractivity contribution is 0.171. The molecule has 0 radical (unpaired) electrons. The number of benzene rings is 2. The Bertz CT molecular complexity index is 540. The molecule has 2 aromatic carbocycles. The summed E-state index contributed by atoms with van der Waals surface area (Å²) in [6, 6.07) is 16.1. The molecule has 3 nitrogen and oxygen atoms in total. The molecular formula is C17H21NO2. The summed E-state index contributed by atoms with van der Waals surface area (Å²) in [4.78, 5) is 0. The summed E-state index contributed by atoms with van der Waals surface area (Å²) in [6.45, 7) is 3.33. The molecule has 1 atom stereocenters. The van der Waals surface area contributed by atoms with E-state index in [9.17, 15) is 5.11 Å². The number of phenols is 1. The zero-order valence-electron chi connectivity index (χ0n) is 12.0. The van der Waals surface area contributed by atoms with E-state index in [0.717, 1.165) is 16.7 Å². The Morgan fingerprint density at radius 2 is 1.85 bits per heavy atom. The molecule has 0 saturated carbocycles. The quantitative estimate of drug-likeness (QED) is 0.848. The third-order valence-corrected chi connectivity index (χ3v) is 3.24. The second kappa shape index (κ2) is 7.08. The molecule has 2 N–H and O–H groups in total. The molecule has 2 rings (SSSR count). The molecule has 0 saturated heterocycles. The van der Waals surface area contributed by atoms with E-state index in [-0.39, 0.29) is 6.04 Å².